The van der Waals surface area contributed by atoms with E-state index in [2.05, 4.69) is 0 Å². The number of carbonyl (C=O) groups is 2. The lowest BCUT2D eigenvalue weighted by Crippen LogP contribution is -2.15. The topological polar surface area (TPSA) is 82.1 Å². The van der Waals surface area contributed by atoms with Gasteiger partial charge >= 0.3 is 11.9 Å². The molecular weight excluding hydrogens is 336 g/mol. The van der Waals surface area contributed by atoms with Gasteiger partial charge in [-0.1, -0.05) is 24.3 Å². The number of rotatable bonds is 8. The molecule has 136 valence electrons. The summed E-state index contributed by atoms with van der Waals surface area (Å²) in [6, 6.07) is 14.3. The highest BCUT2D eigenvalue weighted by Crippen LogP contribution is 2.18. The molecule has 2 rings (SSSR count). The first-order valence-corrected chi connectivity index (χ1v) is 8.01. The van der Waals surface area contributed by atoms with Crippen LogP contribution >= 0.6 is 0 Å². The van der Waals surface area contributed by atoms with Gasteiger partial charge in [0, 0.05) is 0 Å². The van der Waals surface area contributed by atoms with E-state index in [-0.39, 0.29) is 6.61 Å². The van der Waals surface area contributed by atoms with Crippen molar-refractivity contribution < 1.29 is 28.9 Å². The average molecular weight is 356 g/mol. The molecule has 26 heavy (non-hydrogen) atoms. The summed E-state index contributed by atoms with van der Waals surface area (Å²) in [5, 5.41) is 9.14. The van der Waals surface area contributed by atoms with Crippen molar-refractivity contribution in [3.05, 3.63) is 65.2 Å². The van der Waals surface area contributed by atoms with Crippen molar-refractivity contribution in [3.63, 3.8) is 0 Å². The summed E-state index contributed by atoms with van der Waals surface area (Å²) in [5.41, 5.74) is 1.10. The maximum absolute atomic E-state index is 11.7. The molecule has 6 heteroatoms. The van der Waals surface area contributed by atoms with Crippen LogP contribution in [-0.4, -0.2) is 30.8 Å². The third kappa shape index (κ3) is 5.37. The summed E-state index contributed by atoms with van der Waals surface area (Å²) >= 11 is 0. The van der Waals surface area contributed by atoms with E-state index in [1.54, 1.807) is 38.3 Å². The van der Waals surface area contributed by atoms with Crippen molar-refractivity contribution in [1.82, 2.24) is 0 Å². The third-order valence-electron chi connectivity index (χ3n) is 3.46. The average Bonchev–Trinajstić information content (AvgIpc) is 2.65. The van der Waals surface area contributed by atoms with Crippen molar-refractivity contribution >= 4 is 18.0 Å². The van der Waals surface area contributed by atoms with E-state index in [1.807, 2.05) is 24.3 Å². The van der Waals surface area contributed by atoms with Gasteiger partial charge in [0.1, 0.15) is 23.7 Å². The molecule has 2 aromatic carbocycles. The molecule has 0 aromatic heterocycles. The number of ether oxygens (including phenoxy) is 3. The Hall–Kier alpha value is -3.28. The van der Waals surface area contributed by atoms with Crippen molar-refractivity contribution in [2.45, 2.75) is 13.5 Å². The zero-order valence-electron chi connectivity index (χ0n) is 14.6. The highest BCUT2D eigenvalue weighted by molar-refractivity contribution is 6.17. The minimum absolute atomic E-state index is 0.112. The largest absolute Gasteiger partial charge is 0.497 e. The van der Waals surface area contributed by atoms with Gasteiger partial charge in [0.25, 0.3) is 0 Å². The summed E-state index contributed by atoms with van der Waals surface area (Å²) in [6.45, 7) is 2.10. The Kier molecular flexibility index (Phi) is 6.79. The van der Waals surface area contributed by atoms with Crippen molar-refractivity contribution in [3.8, 4) is 11.5 Å². The first-order chi connectivity index (χ1) is 12.5. The highest BCUT2D eigenvalue weighted by atomic mass is 16.5. The van der Waals surface area contributed by atoms with Crippen LogP contribution in [0.5, 0.6) is 11.5 Å². The Morgan fingerprint density at radius 1 is 1.08 bits per heavy atom. The van der Waals surface area contributed by atoms with Crippen LogP contribution in [0, 0.1) is 0 Å². The molecule has 0 amide bonds. The van der Waals surface area contributed by atoms with Gasteiger partial charge in [-0.2, -0.15) is 0 Å². The molecule has 0 saturated heterocycles. The summed E-state index contributed by atoms with van der Waals surface area (Å²) in [4.78, 5) is 22.9. The number of hydrogen-bond donors (Lipinski definition) is 1. The van der Waals surface area contributed by atoms with Crippen LogP contribution in [0.1, 0.15) is 18.1 Å². The number of methoxy groups -OCH3 is 1. The predicted octanol–water partition coefficient (Wildman–Crippen LogP) is 3.31. The Morgan fingerprint density at radius 2 is 1.81 bits per heavy atom. The Balaban J connectivity index is 2.05. The number of carbonyl (C=O) groups excluding carboxylic acids is 1. The molecule has 0 bridgehead atoms. The smallest absolute Gasteiger partial charge is 0.345 e. The molecule has 0 unspecified atom stereocenters. The van der Waals surface area contributed by atoms with E-state index in [4.69, 9.17) is 19.3 Å². The molecule has 0 spiro atoms. The van der Waals surface area contributed by atoms with Crippen LogP contribution in [0.4, 0.5) is 0 Å². The first-order valence-electron chi connectivity index (χ1n) is 8.01. The van der Waals surface area contributed by atoms with Gasteiger partial charge in [-0.05, 0) is 48.4 Å². The second-order valence-electron chi connectivity index (χ2n) is 5.29. The van der Waals surface area contributed by atoms with Crippen molar-refractivity contribution in [2.75, 3.05) is 13.7 Å². The first kappa shape index (κ1) is 19.1. The van der Waals surface area contributed by atoms with Gasteiger partial charge < -0.3 is 19.3 Å². The number of esters is 1. The molecule has 1 N–H and O–H groups in total. The minimum atomic E-state index is -1.33. The van der Waals surface area contributed by atoms with Gasteiger partial charge in [-0.25, -0.2) is 9.59 Å². The number of aliphatic carboxylic acids is 1. The molecule has 0 aliphatic heterocycles. The fourth-order valence-corrected chi connectivity index (χ4v) is 2.17. The molecule has 0 heterocycles. The number of carboxylic acid groups (broad SMARTS) is 1. The third-order valence-corrected chi connectivity index (χ3v) is 3.46. The van der Waals surface area contributed by atoms with Gasteiger partial charge in [0.15, 0.2) is 0 Å². The van der Waals surface area contributed by atoms with E-state index in [0.29, 0.717) is 17.9 Å². The molecule has 2 aromatic rings. The molecule has 0 aliphatic carbocycles. The second kappa shape index (κ2) is 9.27. The maximum Gasteiger partial charge on any atom is 0.345 e. The van der Waals surface area contributed by atoms with Crippen LogP contribution < -0.4 is 9.47 Å². The van der Waals surface area contributed by atoms with E-state index >= 15 is 0 Å². The quantitative estimate of drug-likeness (QED) is 0.338. The van der Waals surface area contributed by atoms with Gasteiger partial charge in [-0.15, -0.1) is 0 Å². The fourth-order valence-electron chi connectivity index (χ4n) is 2.17. The molecule has 6 nitrogen and oxygen atoms in total. The van der Waals surface area contributed by atoms with Gasteiger partial charge in [0.05, 0.1) is 13.7 Å². The van der Waals surface area contributed by atoms with Crippen molar-refractivity contribution in [2.24, 2.45) is 0 Å². The van der Waals surface area contributed by atoms with E-state index in [0.717, 1.165) is 11.3 Å². The normalized spacial score (nSPS) is 10.9. The zero-order chi connectivity index (χ0) is 18.9. The Labute approximate surface area is 151 Å². The van der Waals surface area contributed by atoms with Crippen LogP contribution in [0.25, 0.3) is 6.08 Å². The summed E-state index contributed by atoms with van der Waals surface area (Å²) < 4.78 is 15.6. The van der Waals surface area contributed by atoms with Crippen LogP contribution in [0.2, 0.25) is 0 Å². The summed E-state index contributed by atoms with van der Waals surface area (Å²) in [5.74, 6) is -0.815. The Bertz CT molecular complexity index is 792. The van der Waals surface area contributed by atoms with E-state index < -0.39 is 17.5 Å². The summed E-state index contributed by atoms with van der Waals surface area (Å²) in [7, 11) is 1.61. The maximum atomic E-state index is 11.7. The second-order valence-corrected chi connectivity index (χ2v) is 5.29. The summed E-state index contributed by atoms with van der Waals surface area (Å²) in [6.07, 6.45) is 1.27. The lowest BCUT2D eigenvalue weighted by Gasteiger charge is -2.08. The molecule has 0 fully saturated rings. The minimum Gasteiger partial charge on any atom is -0.497 e. The van der Waals surface area contributed by atoms with Crippen LogP contribution in [0.3, 0.4) is 0 Å². The van der Waals surface area contributed by atoms with Crippen molar-refractivity contribution in [1.29, 1.82) is 0 Å². The monoisotopic (exact) mass is 356 g/mol. The number of carboxylic acids is 1. The molecule has 0 aliphatic rings. The van der Waals surface area contributed by atoms with Crippen LogP contribution in [-0.2, 0) is 20.9 Å². The molecule has 0 saturated carbocycles. The van der Waals surface area contributed by atoms with E-state index in [1.165, 1.54) is 6.08 Å². The van der Waals surface area contributed by atoms with Gasteiger partial charge in [0.2, 0.25) is 0 Å². The van der Waals surface area contributed by atoms with Crippen LogP contribution in [0.15, 0.2) is 54.1 Å². The zero-order valence-corrected chi connectivity index (χ0v) is 14.6. The van der Waals surface area contributed by atoms with Gasteiger partial charge in [-0.3, -0.25) is 0 Å². The lowest BCUT2D eigenvalue weighted by atomic mass is 10.1. The number of hydrogen-bond acceptors (Lipinski definition) is 5. The fraction of sp³-hybridized carbons (Fsp3) is 0.200. The molecule has 0 radical (unpaired) electrons. The number of benzene rings is 2. The predicted molar refractivity (Wildman–Crippen MR) is 96.0 cm³/mol. The standard InChI is InChI=1S/C20H20O6/c1-3-25-20(23)18(19(21)22)12-14-7-9-16(10-8-14)26-13-15-5-4-6-17(11-15)24-2/h4-12H,3,13H2,1-2H3,(H,21,22). The SMILES string of the molecule is CCOC(=O)C(=Cc1ccc(OCc2cccc(OC)c2)cc1)C(=O)O. The van der Waals surface area contributed by atoms with E-state index in [9.17, 15) is 9.59 Å². The Morgan fingerprint density at radius 3 is 2.42 bits per heavy atom. The highest BCUT2D eigenvalue weighted by Gasteiger charge is 2.18. The lowest BCUT2D eigenvalue weighted by molar-refractivity contribution is -0.143. The molecule has 0 atom stereocenters. The molecular formula is C20H20O6.